The van der Waals surface area contributed by atoms with E-state index >= 15 is 0 Å². The van der Waals surface area contributed by atoms with Crippen LogP contribution in [0.15, 0.2) is 54.7 Å². The molecule has 0 saturated heterocycles. The largest absolute Gasteiger partial charge is 0.378 e. The molecule has 4 aromatic rings. The normalized spacial score (nSPS) is 10.9. The van der Waals surface area contributed by atoms with Crippen LogP contribution in [0.1, 0.15) is 12.5 Å². The van der Waals surface area contributed by atoms with Crippen molar-refractivity contribution in [2.75, 3.05) is 29.6 Å². The lowest BCUT2D eigenvalue weighted by molar-refractivity contribution is -0.114. The monoisotopic (exact) mass is 406 g/mol. The van der Waals surface area contributed by atoms with Gasteiger partial charge in [-0.3, -0.25) is 4.79 Å². The van der Waals surface area contributed by atoms with E-state index in [1.165, 1.54) is 29.5 Å². The van der Waals surface area contributed by atoms with Crippen molar-refractivity contribution in [1.29, 1.82) is 0 Å². The molecule has 0 radical (unpaired) electrons. The molecule has 2 N–H and O–H groups in total. The van der Waals surface area contributed by atoms with Crippen LogP contribution in [0.2, 0.25) is 0 Å². The Bertz CT molecular complexity index is 1150. The molecule has 0 saturated carbocycles. The first-order chi connectivity index (χ1) is 14.0. The molecule has 8 heteroatoms. The highest BCUT2D eigenvalue weighted by Gasteiger charge is 2.12. The topological polar surface area (TPSA) is 74.6 Å². The van der Waals surface area contributed by atoms with Crippen molar-refractivity contribution in [3.05, 3.63) is 60.3 Å². The maximum Gasteiger partial charge on any atom is 0.221 e. The third kappa shape index (κ3) is 4.22. The lowest BCUT2D eigenvalue weighted by atomic mass is 10.1. The molecule has 0 aliphatic carbocycles. The van der Waals surface area contributed by atoms with Gasteiger partial charge in [0.15, 0.2) is 0 Å². The molecule has 0 atom stereocenters. The number of aromatic nitrogens is 3. The number of hydrogen-bond acceptors (Lipinski definition) is 6. The summed E-state index contributed by atoms with van der Waals surface area (Å²) in [5.41, 5.74) is 4.94. The minimum Gasteiger partial charge on any atom is -0.378 e. The lowest BCUT2D eigenvalue weighted by Gasteiger charge is -2.12. The van der Waals surface area contributed by atoms with E-state index in [1.807, 2.05) is 42.9 Å². The summed E-state index contributed by atoms with van der Waals surface area (Å²) >= 11 is 1.51. The molecule has 0 unspecified atom stereocenters. The Labute approximate surface area is 173 Å². The number of fused-ring (bicyclic) bond motifs is 1. The SMILES string of the molecule is CC(=O)Nc1cccc(-c2cnc3sc(NCc4ccc(N(C)C)cc4)nn23)c1. The van der Waals surface area contributed by atoms with Crippen molar-refractivity contribution in [2.24, 2.45) is 0 Å². The number of carbonyl (C=O) groups excluding carboxylic acids is 1. The highest BCUT2D eigenvalue weighted by atomic mass is 32.1. The number of benzene rings is 2. The highest BCUT2D eigenvalue weighted by Crippen LogP contribution is 2.28. The summed E-state index contributed by atoms with van der Waals surface area (Å²) in [6, 6.07) is 16.1. The number of nitrogens with zero attached hydrogens (tertiary/aromatic N) is 4. The molecular formula is C21H22N6OS. The number of hydrogen-bond donors (Lipinski definition) is 2. The molecule has 0 aliphatic heterocycles. The maximum absolute atomic E-state index is 11.3. The van der Waals surface area contributed by atoms with E-state index in [9.17, 15) is 4.79 Å². The zero-order valence-corrected chi connectivity index (χ0v) is 17.3. The number of anilines is 3. The van der Waals surface area contributed by atoms with Crippen molar-refractivity contribution >= 4 is 38.7 Å². The van der Waals surface area contributed by atoms with Gasteiger partial charge < -0.3 is 15.5 Å². The van der Waals surface area contributed by atoms with Crippen molar-refractivity contribution in [1.82, 2.24) is 14.6 Å². The van der Waals surface area contributed by atoms with Gasteiger partial charge in [-0.1, -0.05) is 35.6 Å². The zero-order valence-electron chi connectivity index (χ0n) is 16.5. The van der Waals surface area contributed by atoms with Crippen LogP contribution in [-0.4, -0.2) is 34.6 Å². The maximum atomic E-state index is 11.3. The van der Waals surface area contributed by atoms with Crippen LogP contribution in [-0.2, 0) is 11.3 Å². The lowest BCUT2D eigenvalue weighted by Crippen LogP contribution is -2.08. The minimum absolute atomic E-state index is 0.0978. The molecule has 2 aromatic carbocycles. The minimum atomic E-state index is -0.0978. The fraction of sp³-hybridized carbons (Fsp3) is 0.190. The fourth-order valence-electron chi connectivity index (χ4n) is 3.01. The quantitative estimate of drug-likeness (QED) is 0.504. The Hall–Kier alpha value is -3.39. The van der Waals surface area contributed by atoms with Gasteiger partial charge in [-0.15, -0.1) is 5.10 Å². The van der Waals surface area contributed by atoms with Crippen LogP contribution in [0.25, 0.3) is 16.2 Å². The second kappa shape index (κ2) is 7.92. The van der Waals surface area contributed by atoms with Crippen LogP contribution in [0.5, 0.6) is 0 Å². The van der Waals surface area contributed by atoms with Crippen LogP contribution in [0.3, 0.4) is 0 Å². The Morgan fingerprint density at radius 3 is 2.69 bits per heavy atom. The van der Waals surface area contributed by atoms with Crippen LogP contribution >= 0.6 is 11.3 Å². The van der Waals surface area contributed by atoms with E-state index in [1.54, 1.807) is 6.20 Å². The molecule has 29 heavy (non-hydrogen) atoms. The molecule has 7 nitrogen and oxygen atoms in total. The van der Waals surface area contributed by atoms with E-state index in [4.69, 9.17) is 0 Å². The molecule has 0 bridgehead atoms. The number of rotatable bonds is 6. The predicted octanol–water partition coefficient (Wildman–Crippen LogP) is 4.09. The van der Waals surface area contributed by atoms with Gasteiger partial charge in [0.25, 0.3) is 0 Å². The van der Waals surface area contributed by atoms with Crippen LogP contribution in [0, 0.1) is 0 Å². The first-order valence-corrected chi connectivity index (χ1v) is 10.0. The molecular weight excluding hydrogens is 384 g/mol. The third-order valence-corrected chi connectivity index (χ3v) is 5.34. The van der Waals surface area contributed by atoms with Gasteiger partial charge in [0.05, 0.1) is 11.9 Å². The number of carbonyl (C=O) groups is 1. The summed E-state index contributed by atoms with van der Waals surface area (Å²) in [7, 11) is 4.06. The zero-order chi connectivity index (χ0) is 20.4. The molecule has 2 heterocycles. The number of nitrogens with one attached hydrogen (secondary N) is 2. The van der Waals surface area contributed by atoms with Gasteiger partial charge in [0.2, 0.25) is 16.0 Å². The molecule has 1 amide bonds. The van der Waals surface area contributed by atoms with Crippen molar-refractivity contribution < 1.29 is 4.79 Å². The fourth-order valence-corrected chi connectivity index (χ4v) is 3.78. The second-order valence-electron chi connectivity index (χ2n) is 6.92. The van der Waals surface area contributed by atoms with E-state index in [-0.39, 0.29) is 5.91 Å². The average molecular weight is 407 g/mol. The van der Waals surface area contributed by atoms with Crippen LogP contribution < -0.4 is 15.5 Å². The van der Waals surface area contributed by atoms with E-state index < -0.39 is 0 Å². The first-order valence-electron chi connectivity index (χ1n) is 9.22. The van der Waals surface area contributed by atoms with Crippen LogP contribution in [0.4, 0.5) is 16.5 Å². The Morgan fingerprint density at radius 1 is 1.17 bits per heavy atom. The van der Waals surface area contributed by atoms with E-state index in [2.05, 4.69) is 49.9 Å². The Balaban J connectivity index is 1.52. The van der Waals surface area contributed by atoms with Gasteiger partial charge in [-0.25, -0.2) is 9.50 Å². The summed E-state index contributed by atoms with van der Waals surface area (Å²) < 4.78 is 1.83. The summed E-state index contributed by atoms with van der Waals surface area (Å²) in [6.45, 7) is 2.19. The molecule has 0 aliphatic rings. The van der Waals surface area contributed by atoms with Gasteiger partial charge >= 0.3 is 0 Å². The summed E-state index contributed by atoms with van der Waals surface area (Å²) in [5.74, 6) is -0.0978. The molecule has 4 rings (SSSR count). The van der Waals surface area contributed by atoms with Crippen molar-refractivity contribution in [3.8, 4) is 11.3 Å². The standard InChI is InChI=1S/C21H22N6OS/c1-14(28)24-17-6-4-5-16(11-17)19-13-23-21-27(19)25-20(29-21)22-12-15-7-9-18(10-8-15)26(2)3/h4-11,13H,12H2,1-3H3,(H,22,25)(H,24,28). The predicted molar refractivity (Wildman–Crippen MR) is 119 cm³/mol. The first kappa shape index (κ1) is 18.9. The molecule has 0 spiro atoms. The third-order valence-electron chi connectivity index (χ3n) is 4.46. The highest BCUT2D eigenvalue weighted by molar-refractivity contribution is 7.20. The number of amides is 1. The summed E-state index contributed by atoms with van der Waals surface area (Å²) in [6.07, 6.45) is 1.80. The van der Waals surface area contributed by atoms with Crippen molar-refractivity contribution in [2.45, 2.75) is 13.5 Å². The second-order valence-corrected chi connectivity index (χ2v) is 7.88. The smallest absolute Gasteiger partial charge is 0.221 e. The van der Waals surface area contributed by atoms with E-state index in [0.29, 0.717) is 6.54 Å². The summed E-state index contributed by atoms with van der Waals surface area (Å²) in [5, 5.41) is 11.7. The Morgan fingerprint density at radius 2 is 1.97 bits per heavy atom. The molecule has 0 fully saturated rings. The van der Waals surface area contributed by atoms with E-state index in [0.717, 1.165) is 27.0 Å². The van der Waals surface area contributed by atoms with Gasteiger partial charge in [-0.2, -0.15) is 0 Å². The summed E-state index contributed by atoms with van der Waals surface area (Å²) in [4.78, 5) is 18.7. The average Bonchev–Trinajstić information content (AvgIpc) is 3.26. The van der Waals surface area contributed by atoms with Gasteiger partial charge in [0.1, 0.15) is 0 Å². The van der Waals surface area contributed by atoms with Gasteiger partial charge in [0, 0.05) is 44.5 Å². The van der Waals surface area contributed by atoms with Gasteiger partial charge in [-0.05, 0) is 29.8 Å². The molecule has 148 valence electrons. The van der Waals surface area contributed by atoms with Crippen molar-refractivity contribution in [3.63, 3.8) is 0 Å². The Kier molecular flexibility index (Phi) is 5.18. The number of imidazole rings is 1. The molecule has 2 aromatic heterocycles.